The second-order valence-electron chi connectivity index (χ2n) is 3.52. The predicted octanol–water partition coefficient (Wildman–Crippen LogP) is 1.11. The van der Waals surface area contributed by atoms with E-state index in [0.29, 0.717) is 16.6 Å². The van der Waals surface area contributed by atoms with Gasteiger partial charge in [0.25, 0.3) is 0 Å². The third-order valence-electron chi connectivity index (χ3n) is 2.29. The minimum atomic E-state index is -1.15. The number of amides is 1. The summed E-state index contributed by atoms with van der Waals surface area (Å²) >= 11 is 0. The van der Waals surface area contributed by atoms with Crippen molar-refractivity contribution >= 4 is 28.5 Å². The molecule has 0 atom stereocenters. The van der Waals surface area contributed by atoms with Crippen LogP contribution in [0.2, 0.25) is 0 Å². The van der Waals surface area contributed by atoms with Gasteiger partial charge in [-0.3, -0.25) is 9.89 Å². The number of hydrogen-bond acceptors (Lipinski definition) is 4. The fraction of sp³-hybridized carbons (Fsp3) is 0.0909. The van der Waals surface area contributed by atoms with Crippen LogP contribution in [0, 0.1) is 11.3 Å². The van der Waals surface area contributed by atoms with Crippen LogP contribution in [0.25, 0.3) is 10.9 Å². The van der Waals surface area contributed by atoms with Crippen molar-refractivity contribution in [3.05, 3.63) is 23.9 Å². The third-order valence-corrected chi connectivity index (χ3v) is 2.29. The zero-order valence-corrected chi connectivity index (χ0v) is 9.10. The molecule has 0 radical (unpaired) electrons. The molecule has 0 saturated heterocycles. The minimum absolute atomic E-state index is 0.110. The standard InChI is InChI=1S/C11H8N4O3/c12-4-3-9(16)13-6-1-2-8-7(5-6)10(11(17)18)15-14-8/h1-2,5H,3H2,(H,13,16)(H,14,15)(H,17,18). The molecule has 0 spiro atoms. The van der Waals surface area contributed by atoms with Crippen molar-refractivity contribution in [1.29, 1.82) is 5.26 Å². The van der Waals surface area contributed by atoms with Crippen LogP contribution >= 0.6 is 0 Å². The maximum Gasteiger partial charge on any atom is 0.357 e. The van der Waals surface area contributed by atoms with Gasteiger partial charge in [-0.2, -0.15) is 10.4 Å². The van der Waals surface area contributed by atoms with Crippen molar-refractivity contribution in [3.63, 3.8) is 0 Å². The van der Waals surface area contributed by atoms with Gasteiger partial charge in [0.15, 0.2) is 5.69 Å². The summed E-state index contributed by atoms with van der Waals surface area (Å²) in [5.41, 5.74) is 0.874. The number of nitrogens with zero attached hydrogens (tertiary/aromatic N) is 2. The Kier molecular flexibility index (Phi) is 2.93. The van der Waals surface area contributed by atoms with E-state index in [4.69, 9.17) is 10.4 Å². The predicted molar refractivity (Wildman–Crippen MR) is 61.9 cm³/mol. The van der Waals surface area contributed by atoms with Crippen molar-refractivity contribution in [2.75, 3.05) is 5.32 Å². The molecule has 0 fully saturated rings. The van der Waals surface area contributed by atoms with E-state index in [9.17, 15) is 9.59 Å². The minimum Gasteiger partial charge on any atom is -0.476 e. The van der Waals surface area contributed by atoms with Crippen LogP contribution in [-0.2, 0) is 4.79 Å². The normalized spacial score (nSPS) is 9.94. The van der Waals surface area contributed by atoms with Gasteiger partial charge in [-0.25, -0.2) is 4.79 Å². The SMILES string of the molecule is N#CCC(=O)Nc1ccc2[nH]nc(C(=O)O)c2c1. The zero-order valence-electron chi connectivity index (χ0n) is 9.10. The Labute approximate surface area is 101 Å². The maximum atomic E-state index is 11.2. The Morgan fingerprint density at radius 3 is 2.94 bits per heavy atom. The van der Waals surface area contributed by atoms with Crippen molar-refractivity contribution in [2.24, 2.45) is 0 Å². The van der Waals surface area contributed by atoms with Gasteiger partial charge in [0, 0.05) is 11.1 Å². The monoisotopic (exact) mass is 244 g/mol. The Bertz CT molecular complexity index is 668. The second kappa shape index (κ2) is 4.55. The van der Waals surface area contributed by atoms with E-state index in [1.807, 2.05) is 0 Å². The average Bonchev–Trinajstić information content (AvgIpc) is 2.72. The van der Waals surface area contributed by atoms with Crippen molar-refractivity contribution in [1.82, 2.24) is 10.2 Å². The highest BCUT2D eigenvalue weighted by Gasteiger charge is 2.13. The summed E-state index contributed by atoms with van der Waals surface area (Å²) in [6.45, 7) is 0. The molecule has 0 aliphatic carbocycles. The number of hydrogen-bond donors (Lipinski definition) is 3. The summed E-state index contributed by atoms with van der Waals surface area (Å²) in [5.74, 6) is -1.60. The van der Waals surface area contributed by atoms with Crippen LogP contribution < -0.4 is 5.32 Å². The maximum absolute atomic E-state index is 11.2. The molecule has 0 saturated carbocycles. The first-order valence-electron chi connectivity index (χ1n) is 5.00. The van der Waals surface area contributed by atoms with Crippen molar-refractivity contribution < 1.29 is 14.7 Å². The number of nitrogens with one attached hydrogen (secondary N) is 2. The first kappa shape index (κ1) is 11.6. The molecule has 7 nitrogen and oxygen atoms in total. The smallest absolute Gasteiger partial charge is 0.357 e. The second-order valence-corrected chi connectivity index (χ2v) is 3.52. The number of nitriles is 1. The molecule has 0 bridgehead atoms. The number of benzene rings is 1. The van der Waals surface area contributed by atoms with Gasteiger partial charge in [0.05, 0.1) is 11.6 Å². The van der Waals surface area contributed by atoms with Gasteiger partial charge in [0.2, 0.25) is 5.91 Å². The van der Waals surface area contributed by atoms with Crippen LogP contribution in [0.1, 0.15) is 16.9 Å². The van der Waals surface area contributed by atoms with Crippen molar-refractivity contribution in [2.45, 2.75) is 6.42 Å². The van der Waals surface area contributed by atoms with Crippen molar-refractivity contribution in [3.8, 4) is 6.07 Å². The zero-order chi connectivity index (χ0) is 13.1. The summed E-state index contributed by atoms with van der Waals surface area (Å²) < 4.78 is 0. The molecule has 90 valence electrons. The highest BCUT2D eigenvalue weighted by molar-refractivity contribution is 6.03. The highest BCUT2D eigenvalue weighted by atomic mass is 16.4. The van der Waals surface area contributed by atoms with E-state index >= 15 is 0 Å². The molecular formula is C11H8N4O3. The molecule has 18 heavy (non-hydrogen) atoms. The van der Waals surface area contributed by atoms with Crippen LogP contribution in [0.15, 0.2) is 18.2 Å². The lowest BCUT2D eigenvalue weighted by Gasteiger charge is -2.02. The number of aromatic nitrogens is 2. The number of anilines is 1. The van der Waals surface area contributed by atoms with Crippen LogP contribution in [0.3, 0.4) is 0 Å². The summed E-state index contributed by atoms with van der Waals surface area (Å²) in [5, 5.41) is 26.4. The van der Waals surface area contributed by atoms with E-state index in [2.05, 4.69) is 15.5 Å². The van der Waals surface area contributed by atoms with E-state index in [1.54, 1.807) is 18.2 Å². The number of carbonyl (C=O) groups excluding carboxylic acids is 1. The highest BCUT2D eigenvalue weighted by Crippen LogP contribution is 2.20. The summed E-state index contributed by atoms with van der Waals surface area (Å²) in [7, 11) is 0. The molecular weight excluding hydrogens is 236 g/mol. The number of carboxylic acid groups (broad SMARTS) is 1. The van der Waals surface area contributed by atoms with E-state index in [0.717, 1.165) is 0 Å². The fourth-order valence-electron chi connectivity index (χ4n) is 1.53. The molecule has 1 aromatic heterocycles. The van der Waals surface area contributed by atoms with Crippen LogP contribution in [-0.4, -0.2) is 27.2 Å². The lowest BCUT2D eigenvalue weighted by Crippen LogP contribution is -2.09. The molecule has 0 unspecified atom stereocenters. The molecule has 1 aromatic carbocycles. The van der Waals surface area contributed by atoms with Gasteiger partial charge in [0.1, 0.15) is 6.42 Å². The number of carboxylic acids is 1. The number of aromatic amines is 1. The number of carbonyl (C=O) groups is 2. The Morgan fingerprint density at radius 2 is 2.28 bits per heavy atom. The molecule has 7 heteroatoms. The Balaban J connectivity index is 2.37. The van der Waals surface area contributed by atoms with E-state index in [1.165, 1.54) is 6.07 Å². The molecule has 1 amide bonds. The topological polar surface area (TPSA) is 119 Å². The van der Waals surface area contributed by atoms with E-state index in [-0.39, 0.29) is 12.1 Å². The van der Waals surface area contributed by atoms with Crippen LogP contribution in [0.4, 0.5) is 5.69 Å². The first-order valence-corrected chi connectivity index (χ1v) is 5.00. The van der Waals surface area contributed by atoms with Crippen LogP contribution in [0.5, 0.6) is 0 Å². The van der Waals surface area contributed by atoms with Gasteiger partial charge in [-0.15, -0.1) is 0 Å². The number of aromatic carboxylic acids is 1. The molecule has 2 rings (SSSR count). The Morgan fingerprint density at radius 1 is 1.50 bits per heavy atom. The average molecular weight is 244 g/mol. The largest absolute Gasteiger partial charge is 0.476 e. The number of H-pyrrole nitrogens is 1. The van der Waals surface area contributed by atoms with Gasteiger partial charge >= 0.3 is 5.97 Å². The van der Waals surface area contributed by atoms with Gasteiger partial charge < -0.3 is 10.4 Å². The lowest BCUT2D eigenvalue weighted by atomic mass is 10.2. The molecule has 1 heterocycles. The number of fused-ring (bicyclic) bond motifs is 1. The molecule has 2 aromatic rings. The fourth-order valence-corrected chi connectivity index (χ4v) is 1.53. The van der Waals surface area contributed by atoms with E-state index < -0.39 is 11.9 Å². The quantitative estimate of drug-likeness (QED) is 0.747. The third kappa shape index (κ3) is 2.12. The molecule has 3 N–H and O–H groups in total. The number of rotatable bonds is 3. The summed E-state index contributed by atoms with van der Waals surface area (Å²) in [4.78, 5) is 22.1. The van der Waals surface area contributed by atoms with Gasteiger partial charge in [-0.05, 0) is 18.2 Å². The molecule has 0 aliphatic heterocycles. The molecule has 0 aliphatic rings. The summed E-state index contributed by atoms with van der Waals surface area (Å²) in [6.07, 6.45) is -0.255. The lowest BCUT2D eigenvalue weighted by molar-refractivity contribution is -0.115. The van der Waals surface area contributed by atoms with Gasteiger partial charge in [-0.1, -0.05) is 0 Å². The summed E-state index contributed by atoms with van der Waals surface area (Å²) in [6, 6.07) is 6.43. The Hall–Kier alpha value is -2.88. The first-order chi connectivity index (χ1) is 8.61.